The lowest BCUT2D eigenvalue weighted by molar-refractivity contribution is 0.368. The molecule has 0 spiro atoms. The van der Waals surface area contributed by atoms with Crippen molar-refractivity contribution in [3.63, 3.8) is 0 Å². The molecule has 1 aliphatic carbocycles. The fourth-order valence-electron chi connectivity index (χ4n) is 2.88. The fourth-order valence-corrected chi connectivity index (χ4v) is 4.38. The third-order valence-electron chi connectivity index (χ3n) is 3.59. The average molecular weight is 328 g/mol. The molecular weight excluding hydrogens is 311 g/mol. The molecule has 1 aliphatic rings. The van der Waals surface area contributed by atoms with Gasteiger partial charge in [0.25, 0.3) is 0 Å². The Hall–Kier alpha value is -1.43. The van der Waals surface area contributed by atoms with Crippen LogP contribution in [0.15, 0.2) is 42.5 Å². The molecule has 0 bridgehead atoms. The predicted octanol–water partition coefficient (Wildman–Crippen LogP) is 5.24. The lowest BCUT2D eigenvalue weighted by Gasteiger charge is -2.12. The summed E-state index contributed by atoms with van der Waals surface area (Å²) in [6, 6.07) is 15.6. The smallest absolute Gasteiger partial charge is 0.418 e. The molecule has 0 heterocycles. The fraction of sp³-hybridized carbons (Fsp3) is 0.250. The van der Waals surface area contributed by atoms with E-state index in [1.54, 1.807) is 5.56 Å². The predicted molar refractivity (Wildman–Crippen MR) is 87.9 cm³/mol. The molecule has 0 aliphatic heterocycles. The number of aryl methyl sites for hydroxylation is 1. The van der Waals surface area contributed by atoms with Gasteiger partial charge in [-0.05, 0) is 34.5 Å². The molecule has 0 radical (unpaired) electrons. The van der Waals surface area contributed by atoms with Gasteiger partial charge >= 0.3 is 7.25 Å². The van der Waals surface area contributed by atoms with Crippen LogP contribution in [0.5, 0.6) is 0 Å². The average Bonchev–Trinajstić information content (AvgIpc) is 2.73. The van der Waals surface area contributed by atoms with Crippen molar-refractivity contribution in [2.45, 2.75) is 12.2 Å². The van der Waals surface area contributed by atoms with E-state index in [9.17, 15) is 17.3 Å². The molecular formula is C16H17BF4S. The van der Waals surface area contributed by atoms with Gasteiger partial charge in [-0.2, -0.15) is 0 Å². The molecule has 22 heavy (non-hydrogen) atoms. The van der Waals surface area contributed by atoms with Crippen LogP contribution in [0.25, 0.3) is 11.1 Å². The van der Waals surface area contributed by atoms with Crippen molar-refractivity contribution in [3.8, 4) is 11.1 Å². The third kappa shape index (κ3) is 3.66. The van der Waals surface area contributed by atoms with Gasteiger partial charge in [0.05, 0.1) is 12.5 Å². The maximum absolute atomic E-state index is 9.75. The van der Waals surface area contributed by atoms with Crippen LogP contribution in [-0.4, -0.2) is 19.8 Å². The molecule has 0 aromatic heterocycles. The number of hydrogen-bond acceptors (Lipinski definition) is 0. The Labute approximate surface area is 131 Å². The van der Waals surface area contributed by atoms with Crippen molar-refractivity contribution in [1.82, 2.24) is 0 Å². The lowest BCUT2D eigenvalue weighted by Crippen LogP contribution is -2.10. The first-order valence-electron chi connectivity index (χ1n) is 6.82. The normalized spacial score (nSPS) is 15.9. The summed E-state index contributed by atoms with van der Waals surface area (Å²) in [6.45, 7) is 2.24. The van der Waals surface area contributed by atoms with E-state index in [4.69, 9.17) is 0 Å². The van der Waals surface area contributed by atoms with Gasteiger partial charge in [-0.25, -0.2) is 0 Å². The van der Waals surface area contributed by atoms with E-state index in [0.29, 0.717) is 16.1 Å². The summed E-state index contributed by atoms with van der Waals surface area (Å²) in [6.07, 6.45) is 4.70. The standard InChI is InChI=1S/C16H17S.BF4/c1-11-7-6-10-13-12-8-4-5-9-14(12)16(15(11)13)17(2)3;2-1(3,4)5/h4-10,16H,1-3H3;/q+1;-1. The van der Waals surface area contributed by atoms with Crippen LogP contribution in [0.4, 0.5) is 17.3 Å². The van der Waals surface area contributed by atoms with Crippen molar-refractivity contribution in [2.75, 3.05) is 12.5 Å². The highest BCUT2D eigenvalue weighted by Crippen LogP contribution is 2.48. The monoisotopic (exact) mass is 328 g/mol. The first-order chi connectivity index (χ1) is 10.2. The van der Waals surface area contributed by atoms with Crippen LogP contribution < -0.4 is 0 Å². The highest BCUT2D eigenvalue weighted by Gasteiger charge is 2.37. The van der Waals surface area contributed by atoms with E-state index < -0.39 is 7.25 Å². The molecule has 2 aromatic rings. The lowest BCUT2D eigenvalue weighted by atomic mass is 10.0. The van der Waals surface area contributed by atoms with E-state index in [1.807, 2.05) is 0 Å². The quantitative estimate of drug-likeness (QED) is 0.381. The molecule has 0 saturated heterocycles. The first-order valence-corrected chi connectivity index (χ1v) is 8.93. The highest BCUT2D eigenvalue weighted by atomic mass is 32.2. The molecule has 6 heteroatoms. The number of benzene rings is 2. The van der Waals surface area contributed by atoms with Crippen LogP contribution in [0.2, 0.25) is 0 Å². The summed E-state index contributed by atoms with van der Waals surface area (Å²) >= 11 is 0. The SMILES string of the molecule is Cc1cccc2c1C([S+](C)C)c1ccccc1-2.F[B-](F)(F)F. The Morgan fingerprint density at radius 3 is 2.00 bits per heavy atom. The van der Waals surface area contributed by atoms with Crippen LogP contribution in [0, 0.1) is 6.92 Å². The third-order valence-corrected chi connectivity index (χ3v) is 5.02. The van der Waals surface area contributed by atoms with Gasteiger partial charge < -0.3 is 17.3 Å². The van der Waals surface area contributed by atoms with Gasteiger partial charge in [0.2, 0.25) is 0 Å². The van der Waals surface area contributed by atoms with Crippen molar-refractivity contribution >= 4 is 18.1 Å². The second-order valence-corrected chi connectivity index (χ2v) is 7.61. The van der Waals surface area contributed by atoms with E-state index in [0.717, 1.165) is 0 Å². The Morgan fingerprint density at radius 2 is 1.41 bits per heavy atom. The van der Waals surface area contributed by atoms with E-state index in [2.05, 4.69) is 61.9 Å². The molecule has 0 amide bonds. The van der Waals surface area contributed by atoms with Crippen molar-refractivity contribution in [3.05, 3.63) is 59.2 Å². The molecule has 118 valence electrons. The highest BCUT2D eigenvalue weighted by molar-refractivity contribution is 7.96. The Kier molecular flexibility index (Phi) is 4.90. The summed E-state index contributed by atoms with van der Waals surface area (Å²) in [5, 5.41) is 0.599. The van der Waals surface area contributed by atoms with Gasteiger partial charge in [0.1, 0.15) is 0 Å². The molecule has 0 fully saturated rings. The summed E-state index contributed by atoms with van der Waals surface area (Å²) < 4.78 is 39.0. The van der Waals surface area contributed by atoms with Gasteiger partial charge in [-0.15, -0.1) is 0 Å². The van der Waals surface area contributed by atoms with E-state index >= 15 is 0 Å². The Balaban J connectivity index is 0.000000309. The van der Waals surface area contributed by atoms with Crippen molar-refractivity contribution < 1.29 is 17.3 Å². The zero-order chi connectivity index (χ0) is 16.5. The molecule has 2 aromatic carbocycles. The maximum atomic E-state index is 9.75. The molecule has 1 atom stereocenters. The van der Waals surface area contributed by atoms with Gasteiger partial charge in [0, 0.05) is 11.1 Å². The summed E-state index contributed by atoms with van der Waals surface area (Å²) in [7, 11) is -5.62. The van der Waals surface area contributed by atoms with Crippen LogP contribution in [0.3, 0.4) is 0 Å². The minimum absolute atomic E-state index is 0.376. The summed E-state index contributed by atoms with van der Waals surface area (Å²) in [5.74, 6) is 0. The summed E-state index contributed by atoms with van der Waals surface area (Å²) in [4.78, 5) is 0. The first kappa shape index (κ1) is 16.9. The Morgan fingerprint density at radius 1 is 0.864 bits per heavy atom. The van der Waals surface area contributed by atoms with Crippen LogP contribution >= 0.6 is 0 Å². The van der Waals surface area contributed by atoms with Crippen LogP contribution in [-0.2, 0) is 10.9 Å². The zero-order valence-corrected chi connectivity index (χ0v) is 13.4. The largest absolute Gasteiger partial charge is 0.673 e. The Bertz CT molecular complexity index is 661. The molecule has 0 N–H and O–H groups in total. The van der Waals surface area contributed by atoms with Crippen molar-refractivity contribution in [1.29, 1.82) is 0 Å². The van der Waals surface area contributed by atoms with Gasteiger partial charge in [-0.3, -0.25) is 0 Å². The molecule has 1 unspecified atom stereocenters. The topological polar surface area (TPSA) is 0 Å². The molecule has 0 nitrogen and oxygen atoms in total. The number of hydrogen-bond donors (Lipinski definition) is 0. The number of fused-ring (bicyclic) bond motifs is 3. The van der Waals surface area contributed by atoms with Gasteiger partial charge in [0.15, 0.2) is 5.25 Å². The second kappa shape index (κ2) is 6.36. The number of rotatable bonds is 1. The van der Waals surface area contributed by atoms with E-state index in [1.165, 1.54) is 22.3 Å². The number of halogens is 4. The minimum atomic E-state index is -6.00. The molecule has 3 rings (SSSR count). The van der Waals surface area contributed by atoms with Crippen LogP contribution in [0.1, 0.15) is 21.9 Å². The van der Waals surface area contributed by atoms with E-state index in [-0.39, 0.29) is 0 Å². The second-order valence-electron chi connectivity index (χ2n) is 5.38. The zero-order valence-electron chi connectivity index (χ0n) is 12.6. The molecule has 0 saturated carbocycles. The summed E-state index contributed by atoms with van der Waals surface area (Å²) in [5.41, 5.74) is 7.40. The van der Waals surface area contributed by atoms with Gasteiger partial charge in [-0.1, -0.05) is 42.5 Å². The van der Waals surface area contributed by atoms with Crippen molar-refractivity contribution in [2.24, 2.45) is 0 Å². The minimum Gasteiger partial charge on any atom is -0.418 e. The maximum Gasteiger partial charge on any atom is 0.673 e.